The summed E-state index contributed by atoms with van der Waals surface area (Å²) in [5.41, 5.74) is 3.76. The molecule has 0 saturated heterocycles. The van der Waals surface area contributed by atoms with Gasteiger partial charge < -0.3 is 10.1 Å². The van der Waals surface area contributed by atoms with Crippen molar-refractivity contribution in [3.8, 4) is 0 Å². The Balaban J connectivity index is 2.43. The highest BCUT2D eigenvalue weighted by molar-refractivity contribution is 5.53. The Morgan fingerprint density at radius 1 is 1.45 bits per heavy atom. The van der Waals surface area contributed by atoms with E-state index in [0.29, 0.717) is 6.73 Å². The zero-order chi connectivity index (χ0) is 7.68. The maximum Gasteiger partial charge on any atom is 0.116 e. The Bertz CT molecular complexity index is 270. The summed E-state index contributed by atoms with van der Waals surface area (Å²) in [6, 6.07) is 6.36. The number of ether oxygens (including phenoxy) is 1. The van der Waals surface area contributed by atoms with E-state index in [9.17, 15) is 0 Å². The van der Waals surface area contributed by atoms with Gasteiger partial charge in [0.2, 0.25) is 0 Å². The topological polar surface area (TPSA) is 21.3 Å². The summed E-state index contributed by atoms with van der Waals surface area (Å²) >= 11 is 0. The third-order valence-electron chi connectivity index (χ3n) is 1.89. The second-order valence-electron chi connectivity index (χ2n) is 2.83. The highest BCUT2D eigenvalue weighted by Gasteiger charge is 2.06. The lowest BCUT2D eigenvalue weighted by Gasteiger charge is -2.18. The molecular weight excluding hydrogens is 138 g/mol. The van der Waals surface area contributed by atoms with Gasteiger partial charge in [-0.05, 0) is 18.6 Å². The molecule has 0 unspecified atom stereocenters. The lowest BCUT2D eigenvalue weighted by atomic mass is 10.1. The van der Waals surface area contributed by atoms with E-state index in [4.69, 9.17) is 4.74 Å². The molecule has 0 spiro atoms. The summed E-state index contributed by atoms with van der Waals surface area (Å²) in [5, 5.41) is 3.18. The minimum Gasteiger partial charge on any atom is -0.362 e. The molecule has 0 fully saturated rings. The Morgan fingerprint density at radius 3 is 3.27 bits per heavy atom. The Labute approximate surface area is 66.2 Å². The predicted molar refractivity (Wildman–Crippen MR) is 44.5 cm³/mol. The average molecular weight is 149 g/mol. The molecule has 0 aliphatic carbocycles. The first-order valence-corrected chi connectivity index (χ1v) is 3.77. The number of anilines is 1. The van der Waals surface area contributed by atoms with Crippen LogP contribution in [0.5, 0.6) is 0 Å². The van der Waals surface area contributed by atoms with Crippen molar-refractivity contribution in [2.45, 2.75) is 13.5 Å². The number of rotatable bonds is 0. The molecular formula is C9H11NO. The van der Waals surface area contributed by atoms with E-state index in [0.717, 1.165) is 6.61 Å². The normalized spacial score (nSPS) is 15.4. The zero-order valence-corrected chi connectivity index (χ0v) is 6.55. The van der Waals surface area contributed by atoms with Crippen LogP contribution >= 0.6 is 0 Å². The zero-order valence-electron chi connectivity index (χ0n) is 6.55. The largest absolute Gasteiger partial charge is 0.362 e. The Morgan fingerprint density at radius 2 is 2.36 bits per heavy atom. The van der Waals surface area contributed by atoms with Crippen LogP contribution in [0.4, 0.5) is 5.69 Å². The molecule has 0 saturated carbocycles. The highest BCUT2D eigenvalue weighted by atomic mass is 16.5. The molecule has 1 aliphatic heterocycles. The highest BCUT2D eigenvalue weighted by Crippen LogP contribution is 2.21. The number of aryl methyl sites for hydroxylation is 1. The second kappa shape index (κ2) is 2.55. The summed E-state index contributed by atoms with van der Waals surface area (Å²) in [6.07, 6.45) is 0. The van der Waals surface area contributed by atoms with Gasteiger partial charge in [-0.15, -0.1) is 0 Å². The second-order valence-corrected chi connectivity index (χ2v) is 2.83. The van der Waals surface area contributed by atoms with Crippen molar-refractivity contribution in [1.29, 1.82) is 0 Å². The molecule has 58 valence electrons. The number of fused-ring (bicyclic) bond motifs is 1. The summed E-state index contributed by atoms with van der Waals surface area (Å²) in [6.45, 7) is 3.47. The monoisotopic (exact) mass is 149 g/mol. The molecule has 11 heavy (non-hydrogen) atoms. The molecule has 2 heteroatoms. The van der Waals surface area contributed by atoms with E-state index in [2.05, 4.69) is 30.4 Å². The molecule has 0 aromatic heterocycles. The van der Waals surface area contributed by atoms with E-state index in [1.54, 1.807) is 0 Å². The number of benzene rings is 1. The van der Waals surface area contributed by atoms with Crippen LogP contribution in [0.3, 0.4) is 0 Å². The lowest BCUT2D eigenvalue weighted by Crippen LogP contribution is -2.14. The van der Waals surface area contributed by atoms with E-state index >= 15 is 0 Å². The van der Waals surface area contributed by atoms with Crippen molar-refractivity contribution in [1.82, 2.24) is 0 Å². The predicted octanol–water partition coefficient (Wildman–Crippen LogP) is 1.89. The van der Waals surface area contributed by atoms with Crippen LogP contribution in [-0.2, 0) is 11.3 Å². The molecule has 1 N–H and O–H groups in total. The van der Waals surface area contributed by atoms with Gasteiger partial charge in [-0.25, -0.2) is 0 Å². The fourth-order valence-electron chi connectivity index (χ4n) is 1.27. The molecule has 0 atom stereocenters. The molecule has 0 amide bonds. The number of hydrogen-bond acceptors (Lipinski definition) is 2. The summed E-state index contributed by atoms with van der Waals surface area (Å²) in [7, 11) is 0. The van der Waals surface area contributed by atoms with Crippen molar-refractivity contribution >= 4 is 5.69 Å². The molecule has 0 radical (unpaired) electrons. The molecule has 1 heterocycles. The minimum absolute atomic E-state index is 0.635. The maximum absolute atomic E-state index is 5.22. The van der Waals surface area contributed by atoms with Crippen molar-refractivity contribution in [2.24, 2.45) is 0 Å². The van der Waals surface area contributed by atoms with Gasteiger partial charge in [0.25, 0.3) is 0 Å². The first kappa shape index (κ1) is 6.68. The fourth-order valence-corrected chi connectivity index (χ4v) is 1.27. The van der Waals surface area contributed by atoms with Crippen LogP contribution < -0.4 is 5.32 Å². The number of hydrogen-bond donors (Lipinski definition) is 1. The molecule has 0 bridgehead atoms. The van der Waals surface area contributed by atoms with Gasteiger partial charge in [-0.2, -0.15) is 0 Å². The van der Waals surface area contributed by atoms with Crippen LogP contribution in [0.2, 0.25) is 0 Å². The molecule has 1 aliphatic rings. The van der Waals surface area contributed by atoms with Gasteiger partial charge in [0.1, 0.15) is 6.73 Å². The van der Waals surface area contributed by atoms with Crippen LogP contribution in [-0.4, -0.2) is 6.73 Å². The molecule has 1 aromatic rings. The maximum atomic E-state index is 5.22. The standard InChI is InChI=1S/C9H11NO/c1-7-2-3-8-5-11-6-10-9(8)4-7/h2-4,10H,5-6H2,1H3. The van der Waals surface area contributed by atoms with Gasteiger partial charge in [0.05, 0.1) is 6.61 Å². The van der Waals surface area contributed by atoms with Gasteiger partial charge in [0, 0.05) is 11.3 Å². The lowest BCUT2D eigenvalue weighted by molar-refractivity contribution is 0.130. The van der Waals surface area contributed by atoms with Gasteiger partial charge in [-0.1, -0.05) is 12.1 Å². The fraction of sp³-hybridized carbons (Fsp3) is 0.333. The van der Waals surface area contributed by atoms with E-state index in [1.807, 2.05) is 0 Å². The van der Waals surface area contributed by atoms with Crippen molar-refractivity contribution < 1.29 is 4.74 Å². The first-order chi connectivity index (χ1) is 5.36. The van der Waals surface area contributed by atoms with Crippen LogP contribution in [0, 0.1) is 6.92 Å². The Kier molecular flexibility index (Phi) is 1.55. The smallest absolute Gasteiger partial charge is 0.116 e. The quantitative estimate of drug-likeness (QED) is 0.608. The third kappa shape index (κ3) is 1.21. The van der Waals surface area contributed by atoms with Crippen LogP contribution in [0.25, 0.3) is 0 Å². The summed E-state index contributed by atoms with van der Waals surface area (Å²) < 4.78 is 5.22. The number of nitrogens with one attached hydrogen (secondary N) is 1. The van der Waals surface area contributed by atoms with Crippen molar-refractivity contribution in [3.05, 3.63) is 29.3 Å². The van der Waals surface area contributed by atoms with Crippen molar-refractivity contribution in [3.63, 3.8) is 0 Å². The van der Waals surface area contributed by atoms with E-state index in [-0.39, 0.29) is 0 Å². The Hall–Kier alpha value is -1.02. The SMILES string of the molecule is Cc1ccc2c(c1)NCOC2. The third-order valence-corrected chi connectivity index (χ3v) is 1.89. The summed E-state index contributed by atoms with van der Waals surface area (Å²) in [4.78, 5) is 0. The van der Waals surface area contributed by atoms with E-state index < -0.39 is 0 Å². The molecule has 1 aromatic carbocycles. The van der Waals surface area contributed by atoms with Crippen LogP contribution in [0.1, 0.15) is 11.1 Å². The van der Waals surface area contributed by atoms with Gasteiger partial charge >= 0.3 is 0 Å². The average Bonchev–Trinajstić information content (AvgIpc) is 2.04. The summed E-state index contributed by atoms with van der Waals surface area (Å²) in [5.74, 6) is 0. The van der Waals surface area contributed by atoms with E-state index in [1.165, 1.54) is 16.8 Å². The van der Waals surface area contributed by atoms with Crippen molar-refractivity contribution in [2.75, 3.05) is 12.0 Å². The van der Waals surface area contributed by atoms with Crippen LogP contribution in [0.15, 0.2) is 18.2 Å². The minimum atomic E-state index is 0.635. The molecule has 2 nitrogen and oxygen atoms in total. The first-order valence-electron chi connectivity index (χ1n) is 3.77. The molecule has 2 rings (SSSR count). The van der Waals surface area contributed by atoms with Gasteiger partial charge in [-0.3, -0.25) is 0 Å². The van der Waals surface area contributed by atoms with Gasteiger partial charge in [0.15, 0.2) is 0 Å².